The Balaban J connectivity index is 1.88. The fourth-order valence-corrected chi connectivity index (χ4v) is 2.47. The van der Waals surface area contributed by atoms with Crippen molar-refractivity contribution in [3.05, 3.63) is 64.7 Å². The number of anilines is 1. The van der Waals surface area contributed by atoms with Gasteiger partial charge in [-0.3, -0.25) is 0 Å². The fraction of sp³-hybridized carbons (Fsp3) is 0.250. The standard InChI is InChI=1S/C16H14ClF2N/c17-12-5-3-11(4-6-12)16(10-1-2-10)20-15-9-13(18)7-8-14(15)19/h3-10,16,20H,1-2H2. The highest BCUT2D eigenvalue weighted by atomic mass is 35.5. The summed E-state index contributed by atoms with van der Waals surface area (Å²) in [5.41, 5.74) is 1.25. The molecule has 0 heterocycles. The van der Waals surface area contributed by atoms with Gasteiger partial charge in [0.1, 0.15) is 11.6 Å². The van der Waals surface area contributed by atoms with Crippen LogP contribution in [-0.4, -0.2) is 0 Å². The summed E-state index contributed by atoms with van der Waals surface area (Å²) in [6.45, 7) is 0. The van der Waals surface area contributed by atoms with Crippen LogP contribution < -0.4 is 5.32 Å². The minimum absolute atomic E-state index is 0.0106. The predicted octanol–water partition coefficient (Wildman–Crippen LogP) is 5.18. The Morgan fingerprint density at radius 3 is 2.40 bits per heavy atom. The van der Waals surface area contributed by atoms with E-state index in [1.165, 1.54) is 6.07 Å². The lowest BCUT2D eigenvalue weighted by atomic mass is 10.0. The minimum Gasteiger partial charge on any atom is -0.376 e. The molecule has 1 saturated carbocycles. The molecule has 0 aromatic heterocycles. The summed E-state index contributed by atoms with van der Waals surface area (Å²) in [7, 11) is 0. The van der Waals surface area contributed by atoms with Gasteiger partial charge in [0.05, 0.1) is 11.7 Å². The van der Waals surface area contributed by atoms with Gasteiger partial charge >= 0.3 is 0 Å². The van der Waals surface area contributed by atoms with Crippen LogP contribution in [0.1, 0.15) is 24.4 Å². The molecule has 1 aliphatic carbocycles. The molecule has 1 atom stereocenters. The first kappa shape index (κ1) is 13.4. The second kappa shape index (κ2) is 5.41. The number of benzene rings is 2. The number of hydrogen-bond donors (Lipinski definition) is 1. The molecule has 0 radical (unpaired) electrons. The van der Waals surface area contributed by atoms with Gasteiger partial charge in [-0.15, -0.1) is 0 Å². The summed E-state index contributed by atoms with van der Waals surface area (Å²) in [5, 5.41) is 3.79. The molecule has 4 heteroatoms. The van der Waals surface area contributed by atoms with Crippen molar-refractivity contribution in [3.8, 4) is 0 Å². The number of rotatable bonds is 4. The molecule has 2 aromatic carbocycles. The van der Waals surface area contributed by atoms with Crippen molar-refractivity contribution >= 4 is 17.3 Å². The van der Waals surface area contributed by atoms with Crippen molar-refractivity contribution in [3.63, 3.8) is 0 Å². The average Bonchev–Trinajstić information content (AvgIpc) is 3.25. The van der Waals surface area contributed by atoms with Gasteiger partial charge in [0.15, 0.2) is 0 Å². The quantitative estimate of drug-likeness (QED) is 0.819. The van der Waals surface area contributed by atoms with Crippen LogP contribution in [0.25, 0.3) is 0 Å². The maximum Gasteiger partial charge on any atom is 0.146 e. The average molecular weight is 294 g/mol. The highest BCUT2D eigenvalue weighted by molar-refractivity contribution is 6.30. The second-order valence-electron chi connectivity index (χ2n) is 5.14. The maximum atomic E-state index is 13.7. The van der Waals surface area contributed by atoms with Gasteiger partial charge in [0.25, 0.3) is 0 Å². The van der Waals surface area contributed by atoms with E-state index in [2.05, 4.69) is 5.32 Å². The molecular weight excluding hydrogens is 280 g/mol. The van der Waals surface area contributed by atoms with Gasteiger partial charge < -0.3 is 5.32 Å². The molecule has 1 aliphatic rings. The third kappa shape index (κ3) is 2.93. The van der Waals surface area contributed by atoms with Gasteiger partial charge in [-0.25, -0.2) is 8.78 Å². The molecule has 0 amide bonds. The van der Waals surface area contributed by atoms with E-state index < -0.39 is 11.6 Å². The van der Waals surface area contributed by atoms with Gasteiger partial charge in [0.2, 0.25) is 0 Å². The SMILES string of the molecule is Fc1ccc(F)c(NC(c2ccc(Cl)cc2)C2CC2)c1. The summed E-state index contributed by atoms with van der Waals surface area (Å²) in [6, 6.07) is 10.9. The first-order valence-electron chi connectivity index (χ1n) is 6.60. The third-order valence-corrected chi connectivity index (χ3v) is 3.81. The van der Waals surface area contributed by atoms with E-state index in [1.807, 2.05) is 24.3 Å². The zero-order chi connectivity index (χ0) is 14.1. The van der Waals surface area contributed by atoms with E-state index in [1.54, 1.807) is 0 Å². The van der Waals surface area contributed by atoms with Crippen LogP contribution in [0, 0.1) is 17.6 Å². The van der Waals surface area contributed by atoms with E-state index in [9.17, 15) is 8.78 Å². The van der Waals surface area contributed by atoms with Crippen molar-refractivity contribution in [2.75, 3.05) is 5.32 Å². The normalized spacial score (nSPS) is 15.9. The van der Waals surface area contributed by atoms with Crippen LogP contribution in [0.15, 0.2) is 42.5 Å². The Labute approximate surface area is 121 Å². The summed E-state index contributed by atoms with van der Waals surface area (Å²) >= 11 is 5.89. The van der Waals surface area contributed by atoms with Crippen molar-refractivity contribution in [2.45, 2.75) is 18.9 Å². The monoisotopic (exact) mass is 293 g/mol. The largest absolute Gasteiger partial charge is 0.376 e. The Morgan fingerprint density at radius 2 is 1.75 bits per heavy atom. The van der Waals surface area contributed by atoms with Crippen LogP contribution in [0.3, 0.4) is 0 Å². The van der Waals surface area contributed by atoms with Crippen LogP contribution >= 0.6 is 11.6 Å². The van der Waals surface area contributed by atoms with E-state index >= 15 is 0 Å². The van der Waals surface area contributed by atoms with E-state index in [0.717, 1.165) is 30.5 Å². The fourth-order valence-electron chi connectivity index (χ4n) is 2.35. The molecule has 3 rings (SSSR count). The van der Waals surface area contributed by atoms with Crippen molar-refractivity contribution < 1.29 is 8.78 Å². The molecule has 0 saturated heterocycles. The lowest BCUT2D eigenvalue weighted by Crippen LogP contribution is -2.14. The Kier molecular flexibility index (Phi) is 3.62. The lowest BCUT2D eigenvalue weighted by Gasteiger charge is -2.20. The summed E-state index contributed by atoms with van der Waals surface area (Å²) < 4.78 is 27.0. The predicted molar refractivity (Wildman–Crippen MR) is 76.9 cm³/mol. The molecule has 2 aromatic rings. The Hall–Kier alpha value is -1.61. The topological polar surface area (TPSA) is 12.0 Å². The van der Waals surface area contributed by atoms with Crippen LogP contribution in [0.4, 0.5) is 14.5 Å². The Bertz CT molecular complexity index is 608. The molecule has 0 aliphatic heterocycles. The first-order chi connectivity index (χ1) is 9.63. The van der Waals surface area contributed by atoms with Gasteiger partial charge in [-0.2, -0.15) is 0 Å². The smallest absolute Gasteiger partial charge is 0.146 e. The molecule has 1 unspecified atom stereocenters. The molecule has 20 heavy (non-hydrogen) atoms. The van der Waals surface area contributed by atoms with Crippen molar-refractivity contribution in [1.82, 2.24) is 0 Å². The number of hydrogen-bond acceptors (Lipinski definition) is 1. The maximum absolute atomic E-state index is 13.7. The third-order valence-electron chi connectivity index (χ3n) is 3.56. The first-order valence-corrected chi connectivity index (χ1v) is 6.98. The van der Waals surface area contributed by atoms with Gasteiger partial charge in [-0.1, -0.05) is 23.7 Å². The second-order valence-corrected chi connectivity index (χ2v) is 5.57. The molecule has 0 bridgehead atoms. The van der Waals surface area contributed by atoms with E-state index in [4.69, 9.17) is 11.6 Å². The highest BCUT2D eigenvalue weighted by Crippen LogP contribution is 2.43. The molecule has 1 N–H and O–H groups in total. The van der Waals surface area contributed by atoms with E-state index in [-0.39, 0.29) is 11.7 Å². The van der Waals surface area contributed by atoms with E-state index in [0.29, 0.717) is 10.9 Å². The van der Waals surface area contributed by atoms with Crippen LogP contribution in [0.2, 0.25) is 5.02 Å². The Morgan fingerprint density at radius 1 is 1.05 bits per heavy atom. The molecule has 1 fully saturated rings. The molecule has 1 nitrogen and oxygen atoms in total. The molecule has 104 valence electrons. The minimum atomic E-state index is -0.445. The summed E-state index contributed by atoms with van der Waals surface area (Å²) in [5.74, 6) is -0.426. The van der Waals surface area contributed by atoms with Crippen molar-refractivity contribution in [1.29, 1.82) is 0 Å². The number of nitrogens with one attached hydrogen (secondary N) is 1. The number of halogens is 3. The van der Waals surface area contributed by atoms with Crippen LogP contribution in [0.5, 0.6) is 0 Å². The highest BCUT2D eigenvalue weighted by Gasteiger charge is 2.32. The summed E-state index contributed by atoms with van der Waals surface area (Å²) in [4.78, 5) is 0. The zero-order valence-corrected chi connectivity index (χ0v) is 11.5. The van der Waals surface area contributed by atoms with Gasteiger partial charge in [0, 0.05) is 5.02 Å². The summed E-state index contributed by atoms with van der Waals surface area (Å²) in [6.07, 6.45) is 2.19. The molecular formula is C16H14ClF2N. The molecule has 0 spiro atoms. The van der Waals surface area contributed by atoms with Crippen LogP contribution in [-0.2, 0) is 0 Å². The zero-order valence-electron chi connectivity index (χ0n) is 10.7. The van der Waals surface area contributed by atoms with Crippen molar-refractivity contribution in [2.24, 2.45) is 5.92 Å². The lowest BCUT2D eigenvalue weighted by molar-refractivity contribution is 0.594. The van der Waals surface area contributed by atoms with Gasteiger partial charge in [-0.05, 0) is 54.7 Å².